The third-order valence-electron chi connectivity index (χ3n) is 4.36. The highest BCUT2D eigenvalue weighted by Crippen LogP contribution is 2.35. The van der Waals surface area contributed by atoms with Gasteiger partial charge in [-0.3, -0.25) is 0 Å². The summed E-state index contributed by atoms with van der Waals surface area (Å²) in [6, 6.07) is 31.0. The van der Waals surface area contributed by atoms with Gasteiger partial charge in [0.2, 0.25) is 0 Å². The molecule has 2 nitrogen and oxygen atoms in total. The number of benzene rings is 4. The SMILES string of the molecule is O[B]Oc1ccc(-c2ccc(-c3ccccc3)c3ccccc23)cc1. The molecule has 0 aliphatic heterocycles. The second-order valence-corrected chi connectivity index (χ2v) is 5.82. The summed E-state index contributed by atoms with van der Waals surface area (Å²) in [5.41, 5.74) is 4.73. The van der Waals surface area contributed by atoms with E-state index in [1.807, 2.05) is 30.3 Å². The van der Waals surface area contributed by atoms with Gasteiger partial charge >= 0.3 is 7.69 Å². The summed E-state index contributed by atoms with van der Waals surface area (Å²) < 4.78 is 4.99. The van der Waals surface area contributed by atoms with Crippen molar-refractivity contribution in [2.45, 2.75) is 0 Å². The van der Waals surface area contributed by atoms with Crippen LogP contribution in [0.25, 0.3) is 33.0 Å². The zero-order valence-corrected chi connectivity index (χ0v) is 13.6. The first-order chi connectivity index (χ1) is 12.4. The fraction of sp³-hybridized carbons (Fsp3) is 0. The molecule has 0 heterocycles. The molecule has 0 aliphatic rings. The van der Waals surface area contributed by atoms with E-state index >= 15 is 0 Å². The minimum Gasteiger partial charge on any atom is -0.537 e. The van der Waals surface area contributed by atoms with E-state index in [0.29, 0.717) is 13.4 Å². The van der Waals surface area contributed by atoms with Crippen LogP contribution in [0.2, 0.25) is 0 Å². The first kappa shape index (κ1) is 15.5. The number of hydrogen-bond donors (Lipinski definition) is 1. The normalized spacial score (nSPS) is 10.6. The van der Waals surface area contributed by atoms with Crippen molar-refractivity contribution >= 4 is 18.5 Å². The second-order valence-electron chi connectivity index (χ2n) is 5.82. The molecule has 4 rings (SSSR count). The smallest absolute Gasteiger partial charge is 0.537 e. The fourth-order valence-corrected chi connectivity index (χ4v) is 3.19. The summed E-state index contributed by atoms with van der Waals surface area (Å²) >= 11 is 0. The van der Waals surface area contributed by atoms with Crippen molar-refractivity contribution in [3.63, 3.8) is 0 Å². The van der Waals surface area contributed by atoms with Gasteiger partial charge in [0.1, 0.15) is 5.75 Å². The third-order valence-corrected chi connectivity index (χ3v) is 4.36. The first-order valence-electron chi connectivity index (χ1n) is 8.17. The van der Waals surface area contributed by atoms with Gasteiger partial charge in [-0.1, -0.05) is 78.9 Å². The average Bonchev–Trinajstić information content (AvgIpc) is 2.69. The predicted molar refractivity (Wildman–Crippen MR) is 103 cm³/mol. The van der Waals surface area contributed by atoms with Gasteiger partial charge in [0, 0.05) is 0 Å². The molecule has 0 aromatic heterocycles. The van der Waals surface area contributed by atoms with Gasteiger partial charge in [0.25, 0.3) is 0 Å². The molecule has 0 unspecified atom stereocenters. The standard InChI is InChI=1S/C22H16BO2/c24-23-25-18-12-10-17(11-13-18)20-15-14-19(16-6-2-1-3-7-16)21-8-4-5-9-22(20)21/h1-15,24H. The maximum Gasteiger partial charge on any atom is 0.569 e. The second kappa shape index (κ2) is 6.84. The predicted octanol–water partition coefficient (Wildman–Crippen LogP) is 5.08. The van der Waals surface area contributed by atoms with Crippen LogP contribution in [-0.4, -0.2) is 12.7 Å². The monoisotopic (exact) mass is 323 g/mol. The molecule has 0 saturated heterocycles. The van der Waals surface area contributed by atoms with Crippen LogP contribution >= 0.6 is 0 Å². The lowest BCUT2D eigenvalue weighted by atomic mass is 9.92. The quantitative estimate of drug-likeness (QED) is 0.531. The summed E-state index contributed by atoms with van der Waals surface area (Å²) in [6.07, 6.45) is 0. The van der Waals surface area contributed by atoms with Crippen LogP contribution in [-0.2, 0) is 0 Å². The van der Waals surface area contributed by atoms with Crippen molar-refractivity contribution in [2.24, 2.45) is 0 Å². The van der Waals surface area contributed by atoms with E-state index in [1.54, 1.807) is 0 Å². The maximum absolute atomic E-state index is 8.74. The van der Waals surface area contributed by atoms with Crippen molar-refractivity contribution in [1.29, 1.82) is 0 Å². The van der Waals surface area contributed by atoms with E-state index in [4.69, 9.17) is 9.68 Å². The molecule has 119 valence electrons. The molecule has 4 aromatic rings. The van der Waals surface area contributed by atoms with Gasteiger partial charge in [-0.25, -0.2) is 0 Å². The lowest BCUT2D eigenvalue weighted by Crippen LogP contribution is -1.99. The van der Waals surface area contributed by atoms with Crippen LogP contribution < -0.4 is 4.65 Å². The van der Waals surface area contributed by atoms with Crippen LogP contribution in [0.4, 0.5) is 0 Å². The van der Waals surface area contributed by atoms with Gasteiger partial charge in [0.15, 0.2) is 0 Å². The molecule has 0 aliphatic carbocycles. The summed E-state index contributed by atoms with van der Waals surface area (Å²) in [6.45, 7) is 0. The minimum atomic E-state index is 0.608. The topological polar surface area (TPSA) is 29.5 Å². The minimum absolute atomic E-state index is 0.608. The lowest BCUT2D eigenvalue weighted by Gasteiger charge is -2.12. The zero-order chi connectivity index (χ0) is 17.1. The Labute approximate surface area is 147 Å². The summed E-state index contributed by atoms with van der Waals surface area (Å²) in [5.74, 6) is 0.608. The zero-order valence-electron chi connectivity index (χ0n) is 13.6. The molecule has 3 heteroatoms. The molecule has 1 N–H and O–H groups in total. The number of fused-ring (bicyclic) bond motifs is 1. The first-order valence-corrected chi connectivity index (χ1v) is 8.17. The van der Waals surface area contributed by atoms with E-state index in [0.717, 1.165) is 5.56 Å². The van der Waals surface area contributed by atoms with Gasteiger partial charge in [-0.05, 0) is 45.2 Å². The molecule has 0 saturated carbocycles. The molecule has 0 fully saturated rings. The van der Waals surface area contributed by atoms with Crippen LogP contribution in [0.3, 0.4) is 0 Å². The lowest BCUT2D eigenvalue weighted by molar-refractivity contribution is 0.454. The summed E-state index contributed by atoms with van der Waals surface area (Å²) in [7, 11) is 0.694. The van der Waals surface area contributed by atoms with Crippen molar-refractivity contribution in [3.05, 3.63) is 91.0 Å². The van der Waals surface area contributed by atoms with Crippen LogP contribution in [0.15, 0.2) is 91.0 Å². The third kappa shape index (κ3) is 3.02. The number of hydrogen-bond acceptors (Lipinski definition) is 2. The highest BCUT2D eigenvalue weighted by atomic mass is 16.5. The van der Waals surface area contributed by atoms with E-state index in [2.05, 4.69) is 60.7 Å². The van der Waals surface area contributed by atoms with Crippen molar-refractivity contribution in [3.8, 4) is 28.0 Å². The van der Waals surface area contributed by atoms with Gasteiger partial charge in [-0.15, -0.1) is 0 Å². The molecule has 0 amide bonds. The Morgan fingerprint density at radius 3 is 1.64 bits per heavy atom. The van der Waals surface area contributed by atoms with Crippen LogP contribution in [0.5, 0.6) is 5.75 Å². The van der Waals surface area contributed by atoms with E-state index in [-0.39, 0.29) is 0 Å². The molecule has 0 bridgehead atoms. The summed E-state index contributed by atoms with van der Waals surface area (Å²) in [5, 5.41) is 11.2. The molecule has 4 aromatic carbocycles. The molecule has 25 heavy (non-hydrogen) atoms. The van der Waals surface area contributed by atoms with E-state index in [1.165, 1.54) is 27.5 Å². The van der Waals surface area contributed by atoms with Crippen molar-refractivity contribution in [2.75, 3.05) is 0 Å². The Balaban J connectivity index is 1.86. The Morgan fingerprint density at radius 1 is 0.560 bits per heavy atom. The Morgan fingerprint density at radius 2 is 1.08 bits per heavy atom. The largest absolute Gasteiger partial charge is 0.569 e. The fourth-order valence-electron chi connectivity index (χ4n) is 3.19. The number of rotatable bonds is 4. The van der Waals surface area contributed by atoms with Crippen LogP contribution in [0.1, 0.15) is 0 Å². The average molecular weight is 323 g/mol. The maximum atomic E-state index is 8.74. The van der Waals surface area contributed by atoms with Crippen molar-refractivity contribution in [1.82, 2.24) is 0 Å². The molecule has 0 atom stereocenters. The Kier molecular flexibility index (Phi) is 4.24. The van der Waals surface area contributed by atoms with Crippen LogP contribution in [0, 0.1) is 0 Å². The molecular formula is C22H16BO2. The molecular weight excluding hydrogens is 307 g/mol. The Hall–Kier alpha value is -3.04. The van der Waals surface area contributed by atoms with E-state index < -0.39 is 0 Å². The van der Waals surface area contributed by atoms with Gasteiger partial charge in [-0.2, -0.15) is 0 Å². The highest BCUT2D eigenvalue weighted by molar-refractivity contribution is 6.17. The van der Waals surface area contributed by atoms with Gasteiger partial charge in [0.05, 0.1) is 0 Å². The van der Waals surface area contributed by atoms with Crippen molar-refractivity contribution < 1.29 is 9.68 Å². The van der Waals surface area contributed by atoms with E-state index in [9.17, 15) is 0 Å². The summed E-state index contributed by atoms with van der Waals surface area (Å²) in [4.78, 5) is 0. The molecule has 1 radical (unpaired) electrons. The highest BCUT2D eigenvalue weighted by Gasteiger charge is 2.09. The molecule has 0 spiro atoms. The Bertz CT molecular complexity index is 995. The van der Waals surface area contributed by atoms with Gasteiger partial charge < -0.3 is 9.68 Å².